The number of aromatic nitrogens is 2. The number of aryl methyl sites for hydroxylation is 2. The molecule has 0 saturated carbocycles. The lowest BCUT2D eigenvalue weighted by Crippen LogP contribution is -2.28. The number of nitrogens with zero attached hydrogens (tertiary/aromatic N) is 2. The molecule has 5 heteroatoms. The van der Waals surface area contributed by atoms with Gasteiger partial charge in [-0.15, -0.1) is 0 Å². The highest BCUT2D eigenvalue weighted by atomic mass is 16.5. The van der Waals surface area contributed by atoms with Gasteiger partial charge in [-0.05, 0) is 31.5 Å². The minimum atomic E-state index is -0.140. The summed E-state index contributed by atoms with van der Waals surface area (Å²) in [5, 5.41) is 5.19. The Morgan fingerprint density at radius 1 is 1.07 bits per heavy atom. The van der Waals surface area contributed by atoms with Crippen LogP contribution < -0.4 is 0 Å². The maximum atomic E-state index is 13.3. The van der Waals surface area contributed by atoms with Crippen molar-refractivity contribution in [2.45, 2.75) is 26.4 Å². The van der Waals surface area contributed by atoms with Gasteiger partial charge in [-0.25, -0.2) is 0 Å². The average Bonchev–Trinajstić information content (AvgIpc) is 3.33. The minimum Gasteiger partial charge on any atom is -0.361 e. The number of aromatic amines is 1. The van der Waals surface area contributed by atoms with Crippen LogP contribution in [0.5, 0.6) is 0 Å². The molecule has 134 valence electrons. The van der Waals surface area contributed by atoms with E-state index in [0.29, 0.717) is 6.54 Å². The number of amides is 1. The molecular formula is C22H19N3O2. The van der Waals surface area contributed by atoms with Gasteiger partial charge in [0.25, 0.3) is 5.91 Å². The normalized spacial score (nSPS) is 16.3. The fraction of sp³-hybridized carbons (Fsp3) is 0.182. The van der Waals surface area contributed by atoms with Gasteiger partial charge in [0, 0.05) is 33.8 Å². The first kappa shape index (κ1) is 15.9. The standard InChI is InChI=1S/C22H19N3O2/c1-13-19(14(2)27-24-13)12-25-21(16-8-3-4-9-17(16)22(25)26)18-11-23-20-10-6-5-7-15(18)20/h3-11,21,23H,12H2,1-2H3. The number of carbonyl (C=O) groups is 1. The van der Waals surface area contributed by atoms with E-state index in [2.05, 4.69) is 22.3 Å². The highest BCUT2D eigenvalue weighted by molar-refractivity contribution is 6.00. The number of carbonyl (C=O) groups excluding carboxylic acids is 1. The van der Waals surface area contributed by atoms with E-state index in [0.717, 1.165) is 44.6 Å². The van der Waals surface area contributed by atoms with Crippen molar-refractivity contribution in [1.29, 1.82) is 0 Å². The van der Waals surface area contributed by atoms with Gasteiger partial charge >= 0.3 is 0 Å². The highest BCUT2D eigenvalue weighted by Crippen LogP contribution is 2.42. The molecule has 0 spiro atoms. The number of para-hydroxylation sites is 1. The highest BCUT2D eigenvalue weighted by Gasteiger charge is 2.39. The van der Waals surface area contributed by atoms with Crippen LogP contribution in [0.3, 0.4) is 0 Å². The molecule has 5 nitrogen and oxygen atoms in total. The third-order valence-corrected chi connectivity index (χ3v) is 5.48. The molecule has 27 heavy (non-hydrogen) atoms. The molecule has 4 aromatic rings. The topological polar surface area (TPSA) is 62.1 Å². The van der Waals surface area contributed by atoms with Crippen LogP contribution in [0.4, 0.5) is 0 Å². The van der Waals surface area contributed by atoms with Crippen LogP contribution in [0.25, 0.3) is 10.9 Å². The van der Waals surface area contributed by atoms with E-state index >= 15 is 0 Å². The monoisotopic (exact) mass is 357 g/mol. The van der Waals surface area contributed by atoms with Crippen LogP contribution >= 0.6 is 0 Å². The predicted octanol–water partition coefficient (Wildman–Crippen LogP) is 4.52. The molecule has 3 heterocycles. The number of hydrogen-bond acceptors (Lipinski definition) is 3. The van der Waals surface area contributed by atoms with Crippen molar-refractivity contribution in [2.75, 3.05) is 0 Å². The summed E-state index contributed by atoms with van der Waals surface area (Å²) in [6.07, 6.45) is 2.02. The van der Waals surface area contributed by atoms with Crippen molar-refractivity contribution in [1.82, 2.24) is 15.0 Å². The largest absolute Gasteiger partial charge is 0.361 e. The fourth-order valence-corrected chi connectivity index (χ4v) is 4.09. The molecule has 1 amide bonds. The van der Waals surface area contributed by atoms with E-state index in [1.54, 1.807) is 0 Å². The summed E-state index contributed by atoms with van der Waals surface area (Å²) in [5.74, 6) is 0.801. The fourth-order valence-electron chi connectivity index (χ4n) is 4.09. The summed E-state index contributed by atoms with van der Waals surface area (Å²) >= 11 is 0. The zero-order chi connectivity index (χ0) is 18.5. The second-order valence-electron chi connectivity index (χ2n) is 7.02. The summed E-state index contributed by atoms with van der Waals surface area (Å²) in [6, 6.07) is 15.9. The second-order valence-corrected chi connectivity index (χ2v) is 7.02. The van der Waals surface area contributed by atoms with Crippen LogP contribution in [0.2, 0.25) is 0 Å². The van der Waals surface area contributed by atoms with E-state index in [1.807, 2.05) is 61.3 Å². The number of fused-ring (bicyclic) bond motifs is 2. The van der Waals surface area contributed by atoms with Crippen molar-refractivity contribution < 1.29 is 9.32 Å². The lowest BCUT2D eigenvalue weighted by atomic mass is 9.97. The van der Waals surface area contributed by atoms with E-state index < -0.39 is 0 Å². The van der Waals surface area contributed by atoms with Crippen molar-refractivity contribution in [3.05, 3.63) is 88.4 Å². The van der Waals surface area contributed by atoms with Gasteiger partial charge < -0.3 is 14.4 Å². The summed E-state index contributed by atoms with van der Waals surface area (Å²) in [5.41, 5.74) is 5.78. The molecular weight excluding hydrogens is 338 g/mol. The lowest BCUT2D eigenvalue weighted by Gasteiger charge is -2.25. The maximum absolute atomic E-state index is 13.3. The number of H-pyrrole nitrogens is 1. The van der Waals surface area contributed by atoms with E-state index in [-0.39, 0.29) is 11.9 Å². The Bertz CT molecular complexity index is 1150. The zero-order valence-electron chi connectivity index (χ0n) is 15.2. The molecule has 1 N–H and O–H groups in total. The predicted molar refractivity (Wildman–Crippen MR) is 102 cm³/mol. The molecule has 0 bridgehead atoms. The van der Waals surface area contributed by atoms with Gasteiger partial charge in [0.15, 0.2) is 0 Å². The van der Waals surface area contributed by atoms with Gasteiger partial charge in [0.1, 0.15) is 5.76 Å². The van der Waals surface area contributed by atoms with Gasteiger partial charge in [-0.2, -0.15) is 0 Å². The molecule has 1 aliphatic rings. The van der Waals surface area contributed by atoms with Gasteiger partial charge in [0.2, 0.25) is 0 Å². The Morgan fingerprint density at radius 2 is 1.85 bits per heavy atom. The SMILES string of the molecule is Cc1noc(C)c1CN1C(=O)c2ccccc2C1c1c[nH]c2ccccc12. The molecule has 1 aliphatic heterocycles. The molecule has 2 aromatic carbocycles. The van der Waals surface area contributed by atoms with Crippen LogP contribution in [0.1, 0.15) is 44.5 Å². The van der Waals surface area contributed by atoms with Gasteiger partial charge in [0.05, 0.1) is 18.3 Å². The van der Waals surface area contributed by atoms with Gasteiger partial charge in [-0.3, -0.25) is 4.79 Å². The summed E-state index contributed by atoms with van der Waals surface area (Å²) in [6.45, 7) is 4.28. The number of nitrogens with one attached hydrogen (secondary N) is 1. The van der Waals surface area contributed by atoms with Crippen molar-refractivity contribution >= 4 is 16.8 Å². The Hall–Kier alpha value is -3.34. The summed E-state index contributed by atoms with van der Waals surface area (Å²) in [4.78, 5) is 18.5. The Balaban J connectivity index is 1.68. The zero-order valence-corrected chi connectivity index (χ0v) is 15.2. The molecule has 2 aromatic heterocycles. The van der Waals surface area contributed by atoms with Crippen LogP contribution in [-0.4, -0.2) is 20.9 Å². The third-order valence-electron chi connectivity index (χ3n) is 5.48. The van der Waals surface area contributed by atoms with Crippen LogP contribution in [0, 0.1) is 13.8 Å². The average molecular weight is 357 g/mol. The molecule has 0 radical (unpaired) electrons. The molecule has 5 rings (SSSR count). The first-order chi connectivity index (χ1) is 13.1. The van der Waals surface area contributed by atoms with Gasteiger partial charge in [-0.1, -0.05) is 41.6 Å². The molecule has 1 atom stereocenters. The molecule has 1 unspecified atom stereocenters. The van der Waals surface area contributed by atoms with Crippen molar-refractivity contribution in [2.24, 2.45) is 0 Å². The quantitative estimate of drug-likeness (QED) is 0.586. The van der Waals surface area contributed by atoms with Crippen LogP contribution in [0.15, 0.2) is 59.3 Å². The third kappa shape index (κ3) is 2.31. The van der Waals surface area contributed by atoms with Crippen molar-refractivity contribution in [3.8, 4) is 0 Å². The summed E-state index contributed by atoms with van der Waals surface area (Å²) < 4.78 is 5.32. The Morgan fingerprint density at radius 3 is 2.67 bits per heavy atom. The smallest absolute Gasteiger partial charge is 0.255 e. The Kier molecular flexibility index (Phi) is 3.44. The minimum absolute atomic E-state index is 0.0425. The number of rotatable bonds is 3. The maximum Gasteiger partial charge on any atom is 0.255 e. The lowest BCUT2D eigenvalue weighted by molar-refractivity contribution is 0.0736. The number of hydrogen-bond donors (Lipinski definition) is 1. The summed E-state index contributed by atoms with van der Waals surface area (Å²) in [7, 11) is 0. The molecule has 0 fully saturated rings. The number of benzene rings is 2. The molecule has 0 saturated heterocycles. The van der Waals surface area contributed by atoms with Crippen LogP contribution in [-0.2, 0) is 6.54 Å². The Labute approximate surface area is 156 Å². The first-order valence-electron chi connectivity index (χ1n) is 9.03. The van der Waals surface area contributed by atoms with E-state index in [9.17, 15) is 4.79 Å². The first-order valence-corrected chi connectivity index (χ1v) is 9.03. The molecule has 0 aliphatic carbocycles. The second kappa shape index (κ2) is 5.84. The van der Waals surface area contributed by atoms with Crippen molar-refractivity contribution in [3.63, 3.8) is 0 Å². The van der Waals surface area contributed by atoms with E-state index in [1.165, 1.54) is 0 Å². The van der Waals surface area contributed by atoms with E-state index in [4.69, 9.17) is 4.52 Å².